The lowest BCUT2D eigenvalue weighted by Crippen LogP contribution is -2.24. The Hall–Kier alpha value is -2.54. The van der Waals surface area contributed by atoms with Gasteiger partial charge in [-0.25, -0.2) is 17.7 Å². The first-order valence-electron chi connectivity index (χ1n) is 6.49. The molecule has 0 unspecified atom stereocenters. The number of hydrogen-bond acceptors (Lipinski definition) is 5. The van der Waals surface area contributed by atoms with Crippen LogP contribution in [0.2, 0.25) is 0 Å². The first-order chi connectivity index (χ1) is 10.5. The summed E-state index contributed by atoms with van der Waals surface area (Å²) < 4.78 is 35.4. The van der Waals surface area contributed by atoms with Gasteiger partial charge in [-0.05, 0) is 6.07 Å². The minimum Gasteiger partial charge on any atom is -0.472 e. The molecule has 3 aromatic rings. The molecule has 0 saturated heterocycles. The largest absolute Gasteiger partial charge is 0.472 e. The second kappa shape index (κ2) is 5.34. The molecule has 0 spiro atoms. The van der Waals surface area contributed by atoms with Gasteiger partial charge in [0.2, 0.25) is 21.8 Å². The van der Waals surface area contributed by atoms with Crippen molar-refractivity contribution in [1.82, 2.24) is 4.98 Å². The molecular formula is C15H14N2O4S. The molecule has 1 aromatic carbocycles. The highest BCUT2D eigenvalue weighted by atomic mass is 32.2. The molecule has 0 bridgehead atoms. The fraction of sp³-hybridized carbons (Fsp3) is 0.133. The van der Waals surface area contributed by atoms with Gasteiger partial charge in [-0.1, -0.05) is 30.3 Å². The van der Waals surface area contributed by atoms with Gasteiger partial charge in [0.05, 0.1) is 18.1 Å². The molecule has 22 heavy (non-hydrogen) atoms. The van der Waals surface area contributed by atoms with Crippen molar-refractivity contribution in [3.8, 4) is 22.7 Å². The number of nitrogens with zero attached hydrogens (tertiary/aromatic N) is 2. The van der Waals surface area contributed by atoms with Crippen molar-refractivity contribution >= 4 is 15.9 Å². The summed E-state index contributed by atoms with van der Waals surface area (Å²) in [5.41, 5.74) is 1.88. The molecule has 0 aliphatic rings. The second-order valence-electron chi connectivity index (χ2n) is 4.78. The molecule has 2 heterocycles. The Morgan fingerprint density at radius 1 is 1.09 bits per heavy atom. The van der Waals surface area contributed by atoms with E-state index in [4.69, 9.17) is 8.83 Å². The third-order valence-corrected chi connectivity index (χ3v) is 4.37. The predicted molar refractivity (Wildman–Crippen MR) is 82.9 cm³/mol. The van der Waals surface area contributed by atoms with E-state index in [0.29, 0.717) is 17.1 Å². The van der Waals surface area contributed by atoms with Gasteiger partial charge in [0.25, 0.3) is 0 Å². The quantitative estimate of drug-likeness (QED) is 0.739. The maximum absolute atomic E-state index is 11.8. The summed E-state index contributed by atoms with van der Waals surface area (Å²) in [6.45, 7) is 0. The Morgan fingerprint density at radius 3 is 2.41 bits per heavy atom. The number of hydrogen-bond donors (Lipinski definition) is 0. The predicted octanol–water partition coefficient (Wildman–Crippen LogP) is 3.00. The number of aromatic nitrogens is 1. The lowest BCUT2D eigenvalue weighted by Gasteiger charge is -2.14. The minimum atomic E-state index is -3.47. The Balaban J connectivity index is 2.19. The summed E-state index contributed by atoms with van der Waals surface area (Å²) in [6.07, 6.45) is 4.11. The normalized spacial score (nSPS) is 11.5. The number of oxazole rings is 1. The van der Waals surface area contributed by atoms with E-state index in [9.17, 15) is 8.42 Å². The van der Waals surface area contributed by atoms with Crippen LogP contribution < -0.4 is 4.31 Å². The highest BCUT2D eigenvalue weighted by Crippen LogP contribution is 2.35. The van der Waals surface area contributed by atoms with Crippen LogP contribution in [0.15, 0.2) is 57.8 Å². The molecule has 7 heteroatoms. The number of rotatable bonds is 4. The van der Waals surface area contributed by atoms with Crippen LogP contribution in [0.1, 0.15) is 0 Å². The summed E-state index contributed by atoms with van der Waals surface area (Å²) in [4.78, 5) is 4.42. The summed E-state index contributed by atoms with van der Waals surface area (Å²) in [7, 11) is -2.03. The Labute approximate surface area is 128 Å². The molecule has 0 fully saturated rings. The highest BCUT2D eigenvalue weighted by molar-refractivity contribution is 7.92. The number of furan rings is 1. The first-order valence-corrected chi connectivity index (χ1v) is 8.34. The van der Waals surface area contributed by atoms with E-state index in [1.807, 2.05) is 30.3 Å². The lowest BCUT2D eigenvalue weighted by atomic mass is 10.1. The van der Waals surface area contributed by atoms with E-state index in [0.717, 1.165) is 16.1 Å². The van der Waals surface area contributed by atoms with Crippen molar-refractivity contribution in [2.24, 2.45) is 0 Å². The average Bonchev–Trinajstić information content (AvgIpc) is 3.15. The topological polar surface area (TPSA) is 76.6 Å². The molecule has 6 nitrogen and oxygen atoms in total. The van der Waals surface area contributed by atoms with Crippen molar-refractivity contribution in [3.63, 3.8) is 0 Å². The molecule has 2 aromatic heterocycles. The third-order valence-electron chi connectivity index (χ3n) is 3.21. The second-order valence-corrected chi connectivity index (χ2v) is 6.80. The van der Waals surface area contributed by atoms with E-state index >= 15 is 0 Å². The molecule has 0 radical (unpaired) electrons. The highest BCUT2D eigenvalue weighted by Gasteiger charge is 2.24. The van der Waals surface area contributed by atoms with Crippen molar-refractivity contribution < 1.29 is 17.3 Å². The zero-order valence-corrected chi connectivity index (χ0v) is 12.9. The van der Waals surface area contributed by atoms with Crippen LogP contribution in [0.25, 0.3) is 22.7 Å². The Morgan fingerprint density at radius 2 is 1.82 bits per heavy atom. The van der Waals surface area contributed by atoms with Crippen molar-refractivity contribution in [2.75, 3.05) is 17.6 Å². The van der Waals surface area contributed by atoms with Crippen molar-refractivity contribution in [1.29, 1.82) is 0 Å². The van der Waals surface area contributed by atoms with Crippen molar-refractivity contribution in [3.05, 3.63) is 48.9 Å². The van der Waals surface area contributed by atoms with Crippen LogP contribution in [-0.4, -0.2) is 26.7 Å². The maximum Gasteiger partial charge on any atom is 0.238 e. The molecule has 0 amide bonds. The molecule has 0 saturated carbocycles. The van der Waals surface area contributed by atoms with Gasteiger partial charge < -0.3 is 8.83 Å². The van der Waals surface area contributed by atoms with Crippen LogP contribution in [-0.2, 0) is 10.0 Å². The standard InChI is InChI=1S/C15H14N2O4S/c1-17(22(2,18)19)15-13(11-6-4-3-5-7-11)16-14(21-15)12-8-9-20-10-12/h3-10H,1-2H3. The molecule has 0 N–H and O–H groups in total. The fourth-order valence-corrected chi connectivity index (χ4v) is 2.39. The van der Waals surface area contributed by atoms with Gasteiger partial charge in [0.1, 0.15) is 12.0 Å². The molecular weight excluding hydrogens is 304 g/mol. The van der Waals surface area contributed by atoms with Crippen LogP contribution in [0.3, 0.4) is 0 Å². The Bertz CT molecular complexity index is 868. The Kier molecular flexibility index (Phi) is 3.50. The molecule has 114 valence electrons. The molecule has 0 atom stereocenters. The summed E-state index contributed by atoms with van der Waals surface area (Å²) in [5, 5.41) is 0. The summed E-state index contributed by atoms with van der Waals surface area (Å²) in [5.74, 6) is 0.475. The van der Waals surface area contributed by atoms with E-state index < -0.39 is 10.0 Å². The number of anilines is 1. The molecule has 0 aliphatic heterocycles. The van der Waals surface area contributed by atoms with E-state index in [1.165, 1.54) is 19.6 Å². The minimum absolute atomic E-state index is 0.171. The zero-order chi connectivity index (χ0) is 15.7. The number of benzene rings is 1. The SMILES string of the molecule is CN(c1oc(-c2ccoc2)nc1-c1ccccc1)S(C)(=O)=O. The van der Waals surface area contributed by atoms with Gasteiger partial charge in [-0.2, -0.15) is 0 Å². The monoisotopic (exact) mass is 318 g/mol. The van der Waals surface area contributed by atoms with Crippen molar-refractivity contribution in [2.45, 2.75) is 0 Å². The third kappa shape index (κ3) is 2.62. The van der Waals surface area contributed by atoms with Crippen LogP contribution in [0.4, 0.5) is 5.88 Å². The molecule has 0 aliphatic carbocycles. The lowest BCUT2D eigenvalue weighted by molar-refractivity contribution is 0.556. The smallest absolute Gasteiger partial charge is 0.238 e. The van der Waals surface area contributed by atoms with Gasteiger partial charge in [-0.15, -0.1) is 0 Å². The number of sulfonamides is 1. The van der Waals surface area contributed by atoms with Crippen LogP contribution in [0.5, 0.6) is 0 Å². The van der Waals surface area contributed by atoms with Gasteiger partial charge in [0, 0.05) is 12.6 Å². The van der Waals surface area contributed by atoms with Crippen LogP contribution in [0, 0.1) is 0 Å². The zero-order valence-electron chi connectivity index (χ0n) is 12.1. The first kappa shape index (κ1) is 14.4. The van der Waals surface area contributed by atoms with E-state index in [2.05, 4.69) is 4.98 Å². The summed E-state index contributed by atoms with van der Waals surface area (Å²) >= 11 is 0. The van der Waals surface area contributed by atoms with Gasteiger partial charge >= 0.3 is 0 Å². The van der Waals surface area contributed by atoms with E-state index in [1.54, 1.807) is 6.07 Å². The molecule has 3 rings (SSSR count). The van der Waals surface area contributed by atoms with Gasteiger partial charge in [0.15, 0.2) is 0 Å². The van der Waals surface area contributed by atoms with Gasteiger partial charge in [-0.3, -0.25) is 0 Å². The van der Waals surface area contributed by atoms with Crippen LogP contribution >= 0.6 is 0 Å². The fourth-order valence-electron chi connectivity index (χ4n) is 1.97. The summed E-state index contributed by atoms with van der Waals surface area (Å²) in [6, 6.07) is 11.0. The van der Waals surface area contributed by atoms with E-state index in [-0.39, 0.29) is 5.88 Å². The average molecular weight is 318 g/mol. The maximum atomic E-state index is 11.8.